The molecule has 4 heteroatoms. The van der Waals surface area contributed by atoms with Gasteiger partial charge >= 0.3 is 5.97 Å². The first kappa shape index (κ1) is 13.9. The van der Waals surface area contributed by atoms with Crippen molar-refractivity contribution in [1.82, 2.24) is 0 Å². The van der Waals surface area contributed by atoms with Crippen molar-refractivity contribution in [1.29, 1.82) is 0 Å². The number of hydrogen-bond acceptors (Lipinski definition) is 4. The number of esters is 1. The highest BCUT2D eigenvalue weighted by molar-refractivity contribution is 5.90. The van der Waals surface area contributed by atoms with Gasteiger partial charge in [0, 0.05) is 24.9 Å². The average Bonchev–Trinajstić information content (AvgIpc) is 2.39. The minimum absolute atomic E-state index is 0.0976. The Morgan fingerprint density at radius 1 is 1.37 bits per heavy atom. The lowest BCUT2D eigenvalue weighted by atomic mass is 10.1. The topological polar surface area (TPSA) is 47.6 Å². The first-order valence-electron chi connectivity index (χ1n) is 6.80. The van der Waals surface area contributed by atoms with Crippen LogP contribution in [0, 0.1) is 0 Å². The fourth-order valence-corrected chi connectivity index (χ4v) is 2.10. The molecule has 0 atom stereocenters. The second-order valence-corrected chi connectivity index (χ2v) is 5.07. The Balaban J connectivity index is 1.99. The van der Waals surface area contributed by atoms with Crippen molar-refractivity contribution >= 4 is 11.7 Å². The van der Waals surface area contributed by atoms with Crippen molar-refractivity contribution in [2.75, 3.05) is 18.5 Å². The number of ether oxygens (including phenoxy) is 2. The van der Waals surface area contributed by atoms with Crippen LogP contribution in [0.5, 0.6) is 0 Å². The first-order valence-corrected chi connectivity index (χ1v) is 6.80. The number of benzene rings is 1. The summed E-state index contributed by atoms with van der Waals surface area (Å²) >= 11 is 0. The predicted molar refractivity (Wildman–Crippen MR) is 74.5 cm³/mol. The van der Waals surface area contributed by atoms with Crippen LogP contribution in [0.2, 0.25) is 0 Å². The zero-order valence-corrected chi connectivity index (χ0v) is 11.5. The van der Waals surface area contributed by atoms with E-state index < -0.39 is 0 Å². The van der Waals surface area contributed by atoms with E-state index in [-0.39, 0.29) is 12.1 Å². The highest BCUT2D eigenvalue weighted by atomic mass is 16.5. The van der Waals surface area contributed by atoms with Crippen LogP contribution in [-0.4, -0.2) is 31.3 Å². The fourth-order valence-electron chi connectivity index (χ4n) is 2.10. The molecule has 19 heavy (non-hydrogen) atoms. The van der Waals surface area contributed by atoms with Crippen molar-refractivity contribution < 1.29 is 14.3 Å². The molecule has 2 rings (SSSR count). The summed E-state index contributed by atoms with van der Waals surface area (Å²) in [6.07, 6.45) is 1.90. The Hall–Kier alpha value is -1.55. The van der Waals surface area contributed by atoms with Gasteiger partial charge in [0.25, 0.3) is 0 Å². The van der Waals surface area contributed by atoms with Gasteiger partial charge in [0.05, 0.1) is 11.7 Å². The van der Waals surface area contributed by atoms with E-state index in [1.807, 2.05) is 32.0 Å². The van der Waals surface area contributed by atoms with Gasteiger partial charge in [-0.25, -0.2) is 4.79 Å². The molecule has 1 N–H and O–H groups in total. The number of carbonyl (C=O) groups is 1. The van der Waals surface area contributed by atoms with Gasteiger partial charge in [-0.05, 0) is 44.9 Å². The molecule has 1 aromatic carbocycles. The van der Waals surface area contributed by atoms with Crippen LogP contribution < -0.4 is 5.32 Å². The molecule has 1 aliphatic heterocycles. The minimum Gasteiger partial charge on any atom is -0.459 e. The monoisotopic (exact) mass is 263 g/mol. The quantitative estimate of drug-likeness (QED) is 0.849. The van der Waals surface area contributed by atoms with Crippen molar-refractivity contribution in [2.45, 2.75) is 38.8 Å². The highest BCUT2D eigenvalue weighted by Gasteiger charge is 2.14. The Kier molecular flexibility index (Phi) is 4.80. The summed E-state index contributed by atoms with van der Waals surface area (Å²) < 4.78 is 10.5. The van der Waals surface area contributed by atoms with Crippen LogP contribution in [0.4, 0.5) is 5.69 Å². The highest BCUT2D eigenvalue weighted by Crippen LogP contribution is 2.17. The van der Waals surface area contributed by atoms with E-state index in [0.717, 1.165) is 31.7 Å². The van der Waals surface area contributed by atoms with Gasteiger partial charge in [-0.3, -0.25) is 0 Å². The summed E-state index contributed by atoms with van der Waals surface area (Å²) in [5.41, 5.74) is 1.55. The van der Waals surface area contributed by atoms with E-state index in [1.165, 1.54) is 0 Å². The number of carbonyl (C=O) groups excluding carboxylic acids is 1. The van der Waals surface area contributed by atoms with Gasteiger partial charge in [-0.2, -0.15) is 0 Å². The van der Waals surface area contributed by atoms with E-state index in [2.05, 4.69) is 5.32 Å². The van der Waals surface area contributed by atoms with Gasteiger partial charge in [-0.1, -0.05) is 6.07 Å². The maximum atomic E-state index is 11.8. The summed E-state index contributed by atoms with van der Waals surface area (Å²) in [6.45, 7) is 5.30. The van der Waals surface area contributed by atoms with Gasteiger partial charge in [0.1, 0.15) is 0 Å². The van der Waals surface area contributed by atoms with Gasteiger partial charge in [0.15, 0.2) is 0 Å². The predicted octanol–water partition coefficient (Wildman–Crippen LogP) is 2.84. The van der Waals surface area contributed by atoms with Gasteiger partial charge in [-0.15, -0.1) is 0 Å². The van der Waals surface area contributed by atoms with Gasteiger partial charge in [0.2, 0.25) is 0 Å². The SMILES string of the molecule is CC(C)OC(=O)c1cccc(NC2CCOCC2)c1. The Labute approximate surface area is 114 Å². The first-order chi connectivity index (χ1) is 9.15. The minimum atomic E-state index is -0.273. The van der Waals surface area contributed by atoms with Crippen LogP contribution in [0.15, 0.2) is 24.3 Å². The molecule has 1 saturated heterocycles. The molecule has 1 fully saturated rings. The zero-order chi connectivity index (χ0) is 13.7. The summed E-state index contributed by atoms with van der Waals surface area (Å²) in [4.78, 5) is 11.8. The van der Waals surface area contributed by atoms with Crippen LogP contribution >= 0.6 is 0 Å². The lowest BCUT2D eigenvalue weighted by molar-refractivity contribution is 0.0378. The third kappa shape index (κ3) is 4.24. The summed E-state index contributed by atoms with van der Waals surface area (Å²) in [5, 5.41) is 3.44. The lowest BCUT2D eigenvalue weighted by Crippen LogP contribution is -2.27. The Bertz CT molecular complexity index is 425. The maximum absolute atomic E-state index is 11.8. The number of anilines is 1. The van der Waals surface area contributed by atoms with Crippen molar-refractivity contribution in [3.63, 3.8) is 0 Å². The maximum Gasteiger partial charge on any atom is 0.338 e. The van der Waals surface area contributed by atoms with Crippen LogP contribution in [0.3, 0.4) is 0 Å². The summed E-state index contributed by atoms with van der Waals surface area (Å²) in [7, 11) is 0. The van der Waals surface area contributed by atoms with Crippen molar-refractivity contribution in [3.8, 4) is 0 Å². The molecule has 1 aliphatic rings. The van der Waals surface area contributed by atoms with Crippen molar-refractivity contribution in [2.24, 2.45) is 0 Å². The number of rotatable bonds is 4. The second kappa shape index (κ2) is 6.57. The smallest absolute Gasteiger partial charge is 0.338 e. The average molecular weight is 263 g/mol. The molecule has 0 amide bonds. The molecule has 0 aliphatic carbocycles. The molecule has 0 saturated carbocycles. The largest absolute Gasteiger partial charge is 0.459 e. The second-order valence-electron chi connectivity index (χ2n) is 5.07. The van der Waals surface area contributed by atoms with Crippen molar-refractivity contribution in [3.05, 3.63) is 29.8 Å². The third-order valence-corrected chi connectivity index (χ3v) is 3.03. The van der Waals surface area contributed by atoms with E-state index in [1.54, 1.807) is 6.07 Å². The molecule has 0 unspecified atom stereocenters. The van der Waals surface area contributed by atoms with E-state index >= 15 is 0 Å². The number of hydrogen-bond donors (Lipinski definition) is 1. The van der Waals surface area contributed by atoms with Crippen LogP contribution in [-0.2, 0) is 9.47 Å². The van der Waals surface area contributed by atoms with E-state index in [4.69, 9.17) is 9.47 Å². The molecule has 0 spiro atoms. The number of nitrogens with one attached hydrogen (secondary N) is 1. The van der Waals surface area contributed by atoms with Crippen LogP contribution in [0.25, 0.3) is 0 Å². The molecule has 1 aromatic rings. The van der Waals surface area contributed by atoms with E-state index in [0.29, 0.717) is 11.6 Å². The Morgan fingerprint density at radius 2 is 2.11 bits per heavy atom. The standard InChI is InChI=1S/C15H21NO3/c1-11(2)19-15(17)12-4-3-5-14(10-12)16-13-6-8-18-9-7-13/h3-5,10-11,13,16H,6-9H2,1-2H3. The molecular formula is C15H21NO3. The van der Waals surface area contributed by atoms with E-state index in [9.17, 15) is 4.79 Å². The molecule has 1 heterocycles. The molecule has 104 valence electrons. The normalized spacial score (nSPS) is 16.4. The van der Waals surface area contributed by atoms with Gasteiger partial charge < -0.3 is 14.8 Å². The Morgan fingerprint density at radius 3 is 2.79 bits per heavy atom. The lowest BCUT2D eigenvalue weighted by Gasteiger charge is -2.24. The summed E-state index contributed by atoms with van der Waals surface area (Å²) in [6, 6.07) is 7.89. The molecule has 0 radical (unpaired) electrons. The molecular weight excluding hydrogens is 242 g/mol. The van der Waals surface area contributed by atoms with Crippen LogP contribution in [0.1, 0.15) is 37.0 Å². The molecule has 0 bridgehead atoms. The fraction of sp³-hybridized carbons (Fsp3) is 0.533. The summed E-state index contributed by atoms with van der Waals surface area (Å²) in [5.74, 6) is -0.273. The molecule has 4 nitrogen and oxygen atoms in total. The zero-order valence-electron chi connectivity index (χ0n) is 11.5. The third-order valence-electron chi connectivity index (χ3n) is 3.03. The molecule has 0 aromatic heterocycles.